The van der Waals surface area contributed by atoms with Crippen molar-refractivity contribution >= 4 is 23.3 Å². The van der Waals surface area contributed by atoms with E-state index in [4.69, 9.17) is 14.2 Å². The first-order valence-electron chi connectivity index (χ1n) is 8.16. The number of esters is 2. The molecule has 9 nitrogen and oxygen atoms in total. The van der Waals surface area contributed by atoms with Crippen LogP contribution in [0.1, 0.15) is 17.4 Å². The largest absolute Gasteiger partial charge is 0.466 e. The Morgan fingerprint density at radius 2 is 1.61 bits per heavy atom. The van der Waals surface area contributed by atoms with E-state index in [9.17, 15) is 19.7 Å². The van der Waals surface area contributed by atoms with Crippen LogP contribution in [0.15, 0.2) is 59.6 Å². The number of hydrogen-bond acceptors (Lipinski definition) is 8. The van der Waals surface area contributed by atoms with Crippen molar-refractivity contribution in [3.05, 3.63) is 75.8 Å². The number of aliphatic imine (C=N–C) groups is 1. The summed E-state index contributed by atoms with van der Waals surface area (Å²) >= 11 is 0. The van der Waals surface area contributed by atoms with Gasteiger partial charge in [-0.2, -0.15) is 0 Å². The summed E-state index contributed by atoms with van der Waals surface area (Å²) in [4.78, 5) is 40.0. The fourth-order valence-electron chi connectivity index (χ4n) is 2.90. The third kappa shape index (κ3) is 3.12. The third-order valence-electron chi connectivity index (χ3n) is 4.25. The zero-order chi connectivity index (χ0) is 20.3. The van der Waals surface area contributed by atoms with Crippen LogP contribution in [-0.2, 0) is 23.8 Å². The maximum absolute atomic E-state index is 12.6. The molecule has 0 spiro atoms. The standard InChI is InChI=1S/C19H16N2O7/c1-26-17(22)19(18(23)27-2)15(12-6-4-3-5-7-12)20-16(28-19)13-8-10-14(11-9-13)21(24)25/h3-11,16H,1-2H3. The van der Waals surface area contributed by atoms with Crippen molar-refractivity contribution in [2.24, 2.45) is 4.99 Å². The Kier molecular flexibility index (Phi) is 5.18. The summed E-state index contributed by atoms with van der Waals surface area (Å²) in [5, 5.41) is 10.9. The first-order valence-corrected chi connectivity index (χ1v) is 8.16. The van der Waals surface area contributed by atoms with E-state index in [2.05, 4.69) is 4.99 Å². The first kappa shape index (κ1) is 19.2. The van der Waals surface area contributed by atoms with Crippen LogP contribution in [0.2, 0.25) is 0 Å². The van der Waals surface area contributed by atoms with E-state index in [-0.39, 0.29) is 11.4 Å². The van der Waals surface area contributed by atoms with Crippen LogP contribution in [0.4, 0.5) is 5.69 Å². The number of benzene rings is 2. The molecule has 0 aromatic heterocycles. The summed E-state index contributed by atoms with van der Waals surface area (Å²) in [6.45, 7) is 0. The highest BCUT2D eigenvalue weighted by molar-refractivity contribution is 6.31. The molecule has 1 aliphatic rings. The van der Waals surface area contributed by atoms with Crippen molar-refractivity contribution in [1.82, 2.24) is 0 Å². The van der Waals surface area contributed by atoms with Gasteiger partial charge in [-0.3, -0.25) is 10.1 Å². The number of carbonyl (C=O) groups excluding carboxylic acids is 2. The second-order valence-electron chi connectivity index (χ2n) is 5.83. The molecule has 0 N–H and O–H groups in total. The molecule has 0 amide bonds. The van der Waals surface area contributed by atoms with Gasteiger partial charge in [0.2, 0.25) is 0 Å². The molecule has 1 unspecified atom stereocenters. The van der Waals surface area contributed by atoms with Crippen molar-refractivity contribution in [3.8, 4) is 0 Å². The van der Waals surface area contributed by atoms with Gasteiger partial charge >= 0.3 is 17.5 Å². The van der Waals surface area contributed by atoms with Gasteiger partial charge in [-0.25, -0.2) is 14.6 Å². The number of hydrogen-bond donors (Lipinski definition) is 0. The molecule has 0 aliphatic carbocycles. The maximum atomic E-state index is 12.6. The molecular weight excluding hydrogens is 368 g/mol. The predicted molar refractivity (Wildman–Crippen MR) is 96.7 cm³/mol. The van der Waals surface area contributed by atoms with Gasteiger partial charge in [-0.05, 0) is 17.7 Å². The lowest BCUT2D eigenvalue weighted by molar-refractivity contribution is -0.384. The fraction of sp³-hybridized carbons (Fsp3) is 0.211. The topological polar surface area (TPSA) is 117 Å². The molecule has 3 rings (SSSR count). The number of nitro groups is 1. The van der Waals surface area contributed by atoms with E-state index >= 15 is 0 Å². The van der Waals surface area contributed by atoms with Crippen LogP contribution < -0.4 is 0 Å². The molecule has 0 bridgehead atoms. The highest BCUT2D eigenvalue weighted by Gasteiger charge is 2.60. The van der Waals surface area contributed by atoms with Crippen molar-refractivity contribution < 1.29 is 28.7 Å². The number of methoxy groups -OCH3 is 2. The summed E-state index contributed by atoms with van der Waals surface area (Å²) in [7, 11) is 2.25. The minimum Gasteiger partial charge on any atom is -0.466 e. The van der Waals surface area contributed by atoms with Crippen molar-refractivity contribution in [2.45, 2.75) is 11.8 Å². The van der Waals surface area contributed by atoms with Gasteiger partial charge in [0.25, 0.3) is 5.69 Å². The second-order valence-corrected chi connectivity index (χ2v) is 5.83. The van der Waals surface area contributed by atoms with Gasteiger partial charge in [0, 0.05) is 17.7 Å². The Bertz CT molecular complexity index is 923. The molecule has 0 saturated carbocycles. The average molecular weight is 384 g/mol. The van der Waals surface area contributed by atoms with Crippen molar-refractivity contribution in [3.63, 3.8) is 0 Å². The lowest BCUT2D eigenvalue weighted by Crippen LogP contribution is -2.54. The smallest absolute Gasteiger partial charge is 0.356 e. The Morgan fingerprint density at radius 1 is 1.04 bits per heavy atom. The van der Waals surface area contributed by atoms with E-state index in [0.717, 1.165) is 14.2 Å². The Labute approximate surface area is 159 Å². The second kappa shape index (κ2) is 7.57. The summed E-state index contributed by atoms with van der Waals surface area (Å²) in [6.07, 6.45) is -1.06. The summed E-state index contributed by atoms with van der Waals surface area (Å²) in [5.74, 6) is -1.96. The van der Waals surface area contributed by atoms with Gasteiger partial charge in [0.1, 0.15) is 5.71 Å². The van der Waals surface area contributed by atoms with Gasteiger partial charge in [0.15, 0.2) is 6.23 Å². The number of carbonyl (C=O) groups is 2. The van der Waals surface area contributed by atoms with Crippen LogP contribution in [0.3, 0.4) is 0 Å². The number of nitrogens with zero attached hydrogens (tertiary/aromatic N) is 2. The molecule has 28 heavy (non-hydrogen) atoms. The lowest BCUT2D eigenvalue weighted by Gasteiger charge is -2.25. The van der Waals surface area contributed by atoms with Gasteiger partial charge in [-0.15, -0.1) is 0 Å². The summed E-state index contributed by atoms with van der Waals surface area (Å²) in [5.41, 5.74) is -1.38. The maximum Gasteiger partial charge on any atom is 0.356 e. The summed E-state index contributed by atoms with van der Waals surface area (Å²) < 4.78 is 15.4. The Morgan fingerprint density at radius 3 is 2.11 bits per heavy atom. The number of rotatable bonds is 5. The SMILES string of the molecule is COC(=O)C1(C(=O)OC)OC(c2ccc([N+](=O)[O-])cc2)N=C1c1ccccc1. The average Bonchev–Trinajstić information content (AvgIpc) is 3.15. The van der Waals surface area contributed by atoms with E-state index in [1.807, 2.05) is 0 Å². The van der Waals surface area contributed by atoms with Crippen LogP contribution in [-0.4, -0.2) is 42.4 Å². The molecule has 1 aliphatic heterocycles. The molecule has 9 heteroatoms. The molecule has 0 radical (unpaired) electrons. The zero-order valence-corrected chi connectivity index (χ0v) is 15.0. The zero-order valence-electron chi connectivity index (χ0n) is 15.0. The minimum atomic E-state index is -2.21. The number of nitro benzene ring substituents is 1. The molecule has 1 heterocycles. The van der Waals surface area contributed by atoms with Crippen LogP contribution >= 0.6 is 0 Å². The molecule has 1 atom stereocenters. The molecule has 2 aromatic carbocycles. The number of non-ortho nitro benzene ring substituents is 1. The quantitative estimate of drug-likeness (QED) is 0.336. The molecule has 144 valence electrons. The van der Waals surface area contributed by atoms with Crippen molar-refractivity contribution in [1.29, 1.82) is 0 Å². The van der Waals surface area contributed by atoms with Crippen LogP contribution in [0, 0.1) is 10.1 Å². The van der Waals surface area contributed by atoms with E-state index in [1.165, 1.54) is 24.3 Å². The van der Waals surface area contributed by atoms with Gasteiger partial charge in [-0.1, -0.05) is 30.3 Å². The predicted octanol–water partition coefficient (Wildman–Crippen LogP) is 2.20. The molecule has 2 aromatic rings. The Hall–Kier alpha value is -3.59. The van der Waals surface area contributed by atoms with E-state index < -0.39 is 28.7 Å². The highest BCUT2D eigenvalue weighted by Crippen LogP contribution is 2.38. The third-order valence-corrected chi connectivity index (χ3v) is 4.25. The normalized spacial score (nSPS) is 17.5. The highest BCUT2D eigenvalue weighted by atomic mass is 16.6. The van der Waals surface area contributed by atoms with Crippen LogP contribution in [0.5, 0.6) is 0 Å². The van der Waals surface area contributed by atoms with Crippen molar-refractivity contribution in [2.75, 3.05) is 14.2 Å². The minimum absolute atomic E-state index is 0.0372. The lowest BCUT2D eigenvalue weighted by atomic mass is 9.92. The summed E-state index contributed by atoms with van der Waals surface area (Å²) in [6, 6.07) is 14.0. The van der Waals surface area contributed by atoms with Gasteiger partial charge < -0.3 is 14.2 Å². The molecule has 0 saturated heterocycles. The Balaban J connectivity index is 2.13. The van der Waals surface area contributed by atoms with Gasteiger partial charge in [0.05, 0.1) is 19.1 Å². The fourth-order valence-corrected chi connectivity index (χ4v) is 2.90. The van der Waals surface area contributed by atoms with Crippen LogP contribution in [0.25, 0.3) is 0 Å². The van der Waals surface area contributed by atoms with E-state index in [0.29, 0.717) is 11.1 Å². The molecule has 0 fully saturated rings. The number of ether oxygens (including phenoxy) is 3. The molecular formula is C19H16N2O7. The monoisotopic (exact) mass is 384 g/mol. The first-order chi connectivity index (χ1) is 13.4. The van der Waals surface area contributed by atoms with E-state index in [1.54, 1.807) is 30.3 Å².